The first-order chi connectivity index (χ1) is 8.27. The van der Waals surface area contributed by atoms with Crippen LogP contribution in [0.1, 0.15) is 39.0 Å². The van der Waals surface area contributed by atoms with Gasteiger partial charge >= 0.3 is 0 Å². The van der Waals surface area contributed by atoms with E-state index in [0.29, 0.717) is 18.9 Å². The summed E-state index contributed by atoms with van der Waals surface area (Å²) >= 11 is 0. The lowest BCUT2D eigenvalue weighted by Crippen LogP contribution is -2.33. The third kappa shape index (κ3) is 5.50. The Labute approximate surface area is 104 Å². The molecule has 2 N–H and O–H groups in total. The molecule has 1 aliphatic rings. The molecule has 1 unspecified atom stereocenters. The van der Waals surface area contributed by atoms with Crippen molar-refractivity contribution in [2.75, 3.05) is 32.8 Å². The molecular formula is C13H26N2O2. The van der Waals surface area contributed by atoms with Crippen molar-refractivity contribution >= 4 is 5.91 Å². The van der Waals surface area contributed by atoms with Gasteiger partial charge in [-0.1, -0.05) is 13.3 Å². The number of carbonyl (C=O) groups is 1. The van der Waals surface area contributed by atoms with Crippen LogP contribution >= 0.6 is 0 Å². The molecule has 0 spiro atoms. The number of hydrogen-bond acceptors (Lipinski definition) is 3. The van der Waals surface area contributed by atoms with E-state index in [2.05, 4.69) is 6.92 Å². The average molecular weight is 242 g/mol. The van der Waals surface area contributed by atoms with Crippen LogP contribution in [0.5, 0.6) is 0 Å². The van der Waals surface area contributed by atoms with Gasteiger partial charge in [0.25, 0.3) is 0 Å². The number of carbonyl (C=O) groups excluding carboxylic acids is 1. The first-order valence-corrected chi connectivity index (χ1v) is 6.83. The quantitative estimate of drug-likeness (QED) is 0.766. The minimum absolute atomic E-state index is 0.283. The molecule has 1 rings (SSSR count). The van der Waals surface area contributed by atoms with Gasteiger partial charge in [-0.05, 0) is 31.7 Å². The number of ether oxygens (including phenoxy) is 1. The molecule has 0 aromatic rings. The Balaban J connectivity index is 2.26. The molecule has 1 saturated heterocycles. The molecule has 0 aromatic heterocycles. The monoisotopic (exact) mass is 242 g/mol. The third-order valence-corrected chi connectivity index (χ3v) is 3.49. The van der Waals surface area contributed by atoms with Crippen LogP contribution in [-0.2, 0) is 9.53 Å². The van der Waals surface area contributed by atoms with Crippen molar-refractivity contribution in [3.05, 3.63) is 0 Å². The zero-order valence-corrected chi connectivity index (χ0v) is 11.0. The lowest BCUT2D eigenvalue weighted by molar-refractivity contribution is -0.131. The number of amides is 1. The van der Waals surface area contributed by atoms with Crippen molar-refractivity contribution in [2.45, 2.75) is 39.0 Å². The highest BCUT2D eigenvalue weighted by atomic mass is 16.5. The maximum absolute atomic E-state index is 12.0. The van der Waals surface area contributed by atoms with Gasteiger partial charge in [-0.2, -0.15) is 0 Å². The number of nitrogens with zero attached hydrogens (tertiary/aromatic N) is 1. The smallest absolute Gasteiger partial charge is 0.222 e. The Hall–Kier alpha value is -0.610. The Morgan fingerprint density at radius 2 is 2.18 bits per heavy atom. The summed E-state index contributed by atoms with van der Waals surface area (Å²) in [5.74, 6) is 0.887. The topological polar surface area (TPSA) is 55.6 Å². The van der Waals surface area contributed by atoms with E-state index >= 15 is 0 Å². The molecule has 1 fully saturated rings. The van der Waals surface area contributed by atoms with Crippen molar-refractivity contribution < 1.29 is 9.53 Å². The van der Waals surface area contributed by atoms with Gasteiger partial charge in [0, 0.05) is 26.1 Å². The average Bonchev–Trinajstić information content (AvgIpc) is 2.62. The standard InChI is InChI=1S/C13H26N2O2/c1-2-12(6-7-14)4-5-13(16)15-8-3-10-17-11-9-15/h12H,2-11,14H2,1H3. The van der Waals surface area contributed by atoms with Gasteiger partial charge in [-0.15, -0.1) is 0 Å². The minimum atomic E-state index is 0.283. The predicted molar refractivity (Wildman–Crippen MR) is 68.7 cm³/mol. The summed E-state index contributed by atoms with van der Waals surface area (Å²) in [5.41, 5.74) is 5.56. The summed E-state index contributed by atoms with van der Waals surface area (Å²) in [4.78, 5) is 14.0. The Kier molecular flexibility index (Phi) is 7.21. The third-order valence-electron chi connectivity index (χ3n) is 3.49. The summed E-state index contributed by atoms with van der Waals surface area (Å²) < 4.78 is 5.35. The van der Waals surface area contributed by atoms with Crippen LogP contribution in [0, 0.1) is 5.92 Å². The highest BCUT2D eigenvalue weighted by Crippen LogP contribution is 2.15. The second kappa shape index (κ2) is 8.48. The van der Waals surface area contributed by atoms with Crippen molar-refractivity contribution in [1.82, 2.24) is 4.90 Å². The van der Waals surface area contributed by atoms with E-state index in [0.717, 1.165) is 51.9 Å². The van der Waals surface area contributed by atoms with Gasteiger partial charge in [-0.3, -0.25) is 4.79 Å². The minimum Gasteiger partial charge on any atom is -0.380 e. The molecule has 100 valence electrons. The van der Waals surface area contributed by atoms with E-state index in [1.165, 1.54) is 0 Å². The molecule has 1 amide bonds. The van der Waals surface area contributed by atoms with Gasteiger partial charge in [0.2, 0.25) is 5.91 Å². The van der Waals surface area contributed by atoms with E-state index in [9.17, 15) is 4.79 Å². The molecular weight excluding hydrogens is 216 g/mol. The molecule has 17 heavy (non-hydrogen) atoms. The molecule has 4 nitrogen and oxygen atoms in total. The van der Waals surface area contributed by atoms with Crippen molar-refractivity contribution in [3.63, 3.8) is 0 Å². The second-order valence-electron chi connectivity index (χ2n) is 4.74. The molecule has 0 bridgehead atoms. The Morgan fingerprint density at radius 1 is 1.35 bits per heavy atom. The maximum atomic E-state index is 12.0. The van der Waals surface area contributed by atoms with Crippen molar-refractivity contribution in [1.29, 1.82) is 0 Å². The SMILES string of the molecule is CCC(CCN)CCC(=O)N1CCCOCC1. The van der Waals surface area contributed by atoms with Crippen molar-refractivity contribution in [2.24, 2.45) is 11.7 Å². The van der Waals surface area contributed by atoms with E-state index in [1.54, 1.807) is 0 Å². The molecule has 0 aliphatic carbocycles. The van der Waals surface area contributed by atoms with Gasteiger partial charge in [0.15, 0.2) is 0 Å². The first-order valence-electron chi connectivity index (χ1n) is 6.83. The zero-order chi connectivity index (χ0) is 12.5. The molecule has 1 aliphatic heterocycles. The Bertz CT molecular complexity index is 213. The molecule has 0 saturated carbocycles. The number of rotatable bonds is 6. The largest absolute Gasteiger partial charge is 0.380 e. The van der Waals surface area contributed by atoms with Gasteiger partial charge in [-0.25, -0.2) is 0 Å². The molecule has 0 radical (unpaired) electrons. The maximum Gasteiger partial charge on any atom is 0.222 e. The van der Waals surface area contributed by atoms with Crippen LogP contribution < -0.4 is 5.73 Å². The summed E-state index contributed by atoms with van der Waals surface area (Å²) in [6.07, 6.45) is 4.76. The highest BCUT2D eigenvalue weighted by molar-refractivity contribution is 5.76. The zero-order valence-electron chi connectivity index (χ0n) is 11.0. The highest BCUT2D eigenvalue weighted by Gasteiger charge is 2.16. The summed E-state index contributed by atoms with van der Waals surface area (Å²) in [5, 5.41) is 0. The fourth-order valence-electron chi connectivity index (χ4n) is 2.27. The fraction of sp³-hybridized carbons (Fsp3) is 0.923. The lowest BCUT2D eigenvalue weighted by Gasteiger charge is -2.21. The Morgan fingerprint density at radius 3 is 2.88 bits per heavy atom. The number of nitrogens with two attached hydrogens (primary N) is 1. The lowest BCUT2D eigenvalue weighted by atomic mass is 9.96. The number of hydrogen-bond donors (Lipinski definition) is 1. The van der Waals surface area contributed by atoms with Crippen LogP contribution in [0.4, 0.5) is 0 Å². The fourth-order valence-corrected chi connectivity index (χ4v) is 2.27. The van der Waals surface area contributed by atoms with E-state index in [4.69, 9.17) is 10.5 Å². The summed E-state index contributed by atoms with van der Waals surface area (Å²) in [7, 11) is 0. The molecule has 0 aromatic carbocycles. The van der Waals surface area contributed by atoms with Gasteiger partial charge in [0.1, 0.15) is 0 Å². The molecule has 1 heterocycles. The van der Waals surface area contributed by atoms with Crippen molar-refractivity contribution in [3.8, 4) is 0 Å². The van der Waals surface area contributed by atoms with Gasteiger partial charge in [0.05, 0.1) is 6.61 Å². The van der Waals surface area contributed by atoms with E-state index in [-0.39, 0.29) is 5.91 Å². The summed E-state index contributed by atoms with van der Waals surface area (Å²) in [6.45, 7) is 5.98. The van der Waals surface area contributed by atoms with Crippen LogP contribution in [0.25, 0.3) is 0 Å². The second-order valence-corrected chi connectivity index (χ2v) is 4.74. The first kappa shape index (κ1) is 14.5. The van der Waals surface area contributed by atoms with Crippen LogP contribution in [0.2, 0.25) is 0 Å². The molecule has 4 heteroatoms. The van der Waals surface area contributed by atoms with E-state index in [1.807, 2.05) is 4.90 Å². The normalized spacial score (nSPS) is 18.8. The predicted octanol–water partition coefficient (Wildman–Crippen LogP) is 1.39. The van der Waals surface area contributed by atoms with Crippen LogP contribution in [-0.4, -0.2) is 43.7 Å². The van der Waals surface area contributed by atoms with E-state index < -0.39 is 0 Å². The summed E-state index contributed by atoms with van der Waals surface area (Å²) in [6, 6.07) is 0. The van der Waals surface area contributed by atoms with Gasteiger partial charge < -0.3 is 15.4 Å². The van der Waals surface area contributed by atoms with Crippen LogP contribution in [0.3, 0.4) is 0 Å². The van der Waals surface area contributed by atoms with Crippen LogP contribution in [0.15, 0.2) is 0 Å². The molecule has 1 atom stereocenters.